The molecule has 0 spiro atoms. The Labute approximate surface area is 154 Å². The van der Waals surface area contributed by atoms with Gasteiger partial charge in [0.25, 0.3) is 11.9 Å². The number of carbonyl (C=O) groups excluding carboxylic acids is 1. The average Bonchev–Trinajstić information content (AvgIpc) is 3.29. The number of hydrogen-bond donors (Lipinski definition) is 1. The van der Waals surface area contributed by atoms with Crippen LogP contribution in [0.15, 0.2) is 53.1 Å². The van der Waals surface area contributed by atoms with Gasteiger partial charge < -0.3 is 24.2 Å². The second-order valence-corrected chi connectivity index (χ2v) is 6.57. The van der Waals surface area contributed by atoms with E-state index in [2.05, 4.69) is 4.98 Å². The fourth-order valence-electron chi connectivity index (χ4n) is 3.50. The summed E-state index contributed by atoms with van der Waals surface area (Å²) in [6.45, 7) is 2.41. The number of pyridine rings is 1. The van der Waals surface area contributed by atoms with E-state index in [1.54, 1.807) is 0 Å². The molecule has 1 saturated heterocycles. The fraction of sp³-hybridized carbons (Fsp3) is 0.200. The van der Waals surface area contributed by atoms with Crippen LogP contribution in [-0.4, -0.2) is 46.5 Å². The second kappa shape index (κ2) is 6.14. The molecule has 0 radical (unpaired) electrons. The Morgan fingerprint density at radius 2 is 1.81 bits per heavy atom. The summed E-state index contributed by atoms with van der Waals surface area (Å²) in [4.78, 5) is 18.9. The molecule has 4 aromatic rings. The number of nitrogens with zero attached hydrogens (tertiary/aromatic N) is 3. The molecule has 3 aromatic heterocycles. The standard InChI is InChI=1S/C20H18N4O3/c21-20-22-16-11-13(2-6-18(16)27-20)14-1-3-15-4-5-17(24(15)12-14)19(25)23-7-9-26-10-8-23/h1-6,11-12H,7-10H2,(H2,21,22). The van der Waals surface area contributed by atoms with Crippen LogP contribution < -0.4 is 5.73 Å². The summed E-state index contributed by atoms with van der Waals surface area (Å²) in [5, 5.41) is 0. The first-order valence-corrected chi connectivity index (χ1v) is 8.84. The van der Waals surface area contributed by atoms with Gasteiger partial charge in [0, 0.05) is 24.8 Å². The number of benzene rings is 1. The van der Waals surface area contributed by atoms with Crippen molar-refractivity contribution in [3.8, 4) is 11.1 Å². The monoisotopic (exact) mass is 362 g/mol. The number of anilines is 1. The van der Waals surface area contributed by atoms with E-state index in [0.29, 0.717) is 43.1 Å². The predicted molar refractivity (Wildman–Crippen MR) is 102 cm³/mol. The van der Waals surface area contributed by atoms with Gasteiger partial charge in [-0.3, -0.25) is 4.79 Å². The highest BCUT2D eigenvalue weighted by atomic mass is 16.5. The van der Waals surface area contributed by atoms with Gasteiger partial charge >= 0.3 is 0 Å². The van der Waals surface area contributed by atoms with Crippen molar-refractivity contribution in [1.29, 1.82) is 0 Å². The molecule has 5 rings (SSSR count). The van der Waals surface area contributed by atoms with Crippen LogP contribution >= 0.6 is 0 Å². The van der Waals surface area contributed by atoms with Gasteiger partial charge in [0.2, 0.25) is 0 Å². The van der Waals surface area contributed by atoms with Gasteiger partial charge in [-0.1, -0.05) is 12.1 Å². The highest BCUT2D eigenvalue weighted by Crippen LogP contribution is 2.26. The Bertz CT molecular complexity index is 1150. The lowest BCUT2D eigenvalue weighted by Gasteiger charge is -2.26. The third kappa shape index (κ3) is 2.72. The van der Waals surface area contributed by atoms with Gasteiger partial charge in [0.15, 0.2) is 5.58 Å². The molecular weight excluding hydrogens is 344 g/mol. The molecule has 1 aliphatic rings. The zero-order valence-corrected chi connectivity index (χ0v) is 14.6. The molecule has 2 N–H and O–H groups in total. The van der Waals surface area contributed by atoms with E-state index < -0.39 is 0 Å². The van der Waals surface area contributed by atoms with Crippen molar-refractivity contribution in [2.45, 2.75) is 0 Å². The number of nitrogen functional groups attached to an aromatic ring is 1. The Kier molecular flexibility index (Phi) is 3.61. The first kappa shape index (κ1) is 15.9. The maximum Gasteiger partial charge on any atom is 0.292 e. The van der Waals surface area contributed by atoms with E-state index in [1.165, 1.54) is 0 Å². The van der Waals surface area contributed by atoms with Gasteiger partial charge in [-0.15, -0.1) is 0 Å². The normalized spacial score (nSPS) is 14.9. The summed E-state index contributed by atoms with van der Waals surface area (Å²) in [6.07, 6.45) is 1.98. The number of oxazole rings is 1. The van der Waals surface area contributed by atoms with Gasteiger partial charge in [-0.2, -0.15) is 4.98 Å². The molecule has 7 nitrogen and oxygen atoms in total. The number of rotatable bonds is 2. The summed E-state index contributed by atoms with van der Waals surface area (Å²) >= 11 is 0. The van der Waals surface area contributed by atoms with Crippen LogP contribution in [-0.2, 0) is 4.74 Å². The Morgan fingerprint density at radius 1 is 1.04 bits per heavy atom. The Balaban J connectivity index is 1.56. The van der Waals surface area contributed by atoms with E-state index in [0.717, 1.165) is 16.6 Å². The minimum Gasteiger partial charge on any atom is -0.424 e. The largest absolute Gasteiger partial charge is 0.424 e. The van der Waals surface area contributed by atoms with Crippen LogP contribution in [0.4, 0.5) is 6.01 Å². The quantitative estimate of drug-likeness (QED) is 0.593. The number of amides is 1. The van der Waals surface area contributed by atoms with Crippen LogP contribution in [0.3, 0.4) is 0 Å². The summed E-state index contributed by atoms with van der Waals surface area (Å²) < 4.78 is 12.6. The van der Waals surface area contributed by atoms with Crippen LogP contribution in [0.1, 0.15) is 10.5 Å². The molecular formula is C20H18N4O3. The number of aromatic nitrogens is 2. The number of nitrogens with two attached hydrogens (primary N) is 1. The van der Waals surface area contributed by atoms with Crippen molar-refractivity contribution in [3.63, 3.8) is 0 Å². The highest BCUT2D eigenvalue weighted by Gasteiger charge is 2.21. The molecule has 0 atom stereocenters. The SMILES string of the molecule is Nc1nc2cc(-c3ccc4ccc(C(=O)N5CCOCC5)n4c3)ccc2o1. The third-order valence-electron chi connectivity index (χ3n) is 4.91. The van der Waals surface area contributed by atoms with Crippen molar-refractivity contribution in [2.24, 2.45) is 0 Å². The molecule has 0 saturated carbocycles. The van der Waals surface area contributed by atoms with E-state index in [4.69, 9.17) is 14.9 Å². The van der Waals surface area contributed by atoms with Crippen molar-refractivity contribution < 1.29 is 13.9 Å². The summed E-state index contributed by atoms with van der Waals surface area (Å²) in [7, 11) is 0. The first-order chi connectivity index (χ1) is 13.2. The lowest BCUT2D eigenvalue weighted by Crippen LogP contribution is -2.41. The molecule has 1 fully saturated rings. The fourth-order valence-corrected chi connectivity index (χ4v) is 3.50. The molecule has 0 aliphatic carbocycles. The summed E-state index contributed by atoms with van der Waals surface area (Å²) in [5.74, 6) is 0.0233. The predicted octanol–water partition coefficient (Wildman–Crippen LogP) is 2.80. The number of ether oxygens (including phenoxy) is 1. The number of carbonyl (C=O) groups is 1. The van der Waals surface area contributed by atoms with Gasteiger partial charge in [-0.25, -0.2) is 0 Å². The van der Waals surface area contributed by atoms with Gasteiger partial charge in [-0.05, 0) is 41.5 Å². The van der Waals surface area contributed by atoms with E-state index in [-0.39, 0.29) is 11.9 Å². The topological polar surface area (TPSA) is 86.0 Å². The van der Waals surface area contributed by atoms with Crippen LogP contribution in [0, 0.1) is 0 Å². The van der Waals surface area contributed by atoms with Gasteiger partial charge in [0.1, 0.15) is 11.2 Å². The lowest BCUT2D eigenvalue weighted by atomic mass is 10.1. The molecule has 0 bridgehead atoms. The number of morpholine rings is 1. The second-order valence-electron chi connectivity index (χ2n) is 6.57. The van der Waals surface area contributed by atoms with Crippen molar-refractivity contribution in [2.75, 3.05) is 32.0 Å². The minimum absolute atomic E-state index is 0.0233. The van der Waals surface area contributed by atoms with Gasteiger partial charge in [0.05, 0.1) is 13.2 Å². The molecule has 1 aromatic carbocycles. The zero-order chi connectivity index (χ0) is 18.4. The van der Waals surface area contributed by atoms with E-state index >= 15 is 0 Å². The lowest BCUT2D eigenvalue weighted by molar-refractivity contribution is 0.0298. The van der Waals surface area contributed by atoms with E-state index in [9.17, 15) is 4.79 Å². The smallest absolute Gasteiger partial charge is 0.292 e. The maximum atomic E-state index is 12.9. The van der Waals surface area contributed by atoms with Crippen LogP contribution in [0.5, 0.6) is 0 Å². The third-order valence-corrected chi connectivity index (χ3v) is 4.91. The average molecular weight is 362 g/mol. The molecule has 4 heterocycles. The molecule has 1 amide bonds. The van der Waals surface area contributed by atoms with E-state index in [1.807, 2.05) is 58.0 Å². The molecule has 7 heteroatoms. The Hall–Kier alpha value is -3.32. The summed E-state index contributed by atoms with van der Waals surface area (Å²) in [6, 6.07) is 13.8. The highest BCUT2D eigenvalue weighted by molar-refractivity contribution is 5.94. The Morgan fingerprint density at radius 3 is 2.67 bits per heavy atom. The number of fused-ring (bicyclic) bond motifs is 2. The van der Waals surface area contributed by atoms with Crippen LogP contribution in [0.2, 0.25) is 0 Å². The molecule has 136 valence electrons. The molecule has 27 heavy (non-hydrogen) atoms. The molecule has 0 unspecified atom stereocenters. The van der Waals surface area contributed by atoms with Crippen molar-refractivity contribution in [1.82, 2.24) is 14.3 Å². The zero-order valence-electron chi connectivity index (χ0n) is 14.6. The van der Waals surface area contributed by atoms with Crippen molar-refractivity contribution in [3.05, 3.63) is 54.4 Å². The molecule has 1 aliphatic heterocycles. The van der Waals surface area contributed by atoms with Crippen LogP contribution in [0.25, 0.3) is 27.7 Å². The maximum absolute atomic E-state index is 12.9. The number of hydrogen-bond acceptors (Lipinski definition) is 5. The summed E-state index contributed by atoms with van der Waals surface area (Å²) in [5.41, 5.74) is 10.6. The minimum atomic E-state index is 0.0233. The first-order valence-electron chi connectivity index (χ1n) is 8.84. The van der Waals surface area contributed by atoms with Crippen molar-refractivity contribution >= 4 is 28.5 Å².